The Bertz CT molecular complexity index is 2040. The monoisotopic (exact) mass is 655 g/mol. The van der Waals surface area contributed by atoms with Crippen LogP contribution in [0.3, 0.4) is 0 Å². The Balaban J connectivity index is 0.000000170. The van der Waals surface area contributed by atoms with Gasteiger partial charge in [0.1, 0.15) is 22.9 Å². The Morgan fingerprint density at radius 2 is 1.43 bits per heavy atom. The van der Waals surface area contributed by atoms with Crippen molar-refractivity contribution in [2.45, 2.75) is 12.8 Å². The Kier molecular flexibility index (Phi) is 10.2. The molecule has 4 aromatic heterocycles. The number of nitrogens with zero attached hydrogens (tertiary/aromatic N) is 7. The second-order valence-electron chi connectivity index (χ2n) is 10.7. The van der Waals surface area contributed by atoms with Gasteiger partial charge in [-0.3, -0.25) is 40.4 Å². The lowest BCUT2D eigenvalue weighted by Crippen LogP contribution is -2.20. The van der Waals surface area contributed by atoms with Gasteiger partial charge >= 0.3 is 0 Å². The SMILES string of the molecule is N#Cc1cccc(OCC(=O)Nc2n[nH]c(-c3ccccn3)n2)c1.O=C(Nc1n[nH]c(-c2ccccn2)n1)c1ccc(OCC2CC2)cc1. The van der Waals surface area contributed by atoms with Gasteiger partial charge < -0.3 is 9.47 Å². The lowest BCUT2D eigenvalue weighted by Gasteiger charge is -2.06. The summed E-state index contributed by atoms with van der Waals surface area (Å²) in [6.45, 7) is 0.529. The fraction of sp³-hybridized carbons (Fsp3) is 0.147. The number of H-pyrrole nitrogens is 2. The molecule has 0 radical (unpaired) electrons. The predicted octanol–water partition coefficient (Wildman–Crippen LogP) is 4.66. The molecule has 0 spiro atoms. The number of carbonyl (C=O) groups is 2. The van der Waals surface area contributed by atoms with Crippen LogP contribution in [0, 0.1) is 17.2 Å². The van der Waals surface area contributed by atoms with E-state index in [-0.39, 0.29) is 24.4 Å². The Hall–Kier alpha value is -6.95. The van der Waals surface area contributed by atoms with Crippen LogP contribution < -0.4 is 20.1 Å². The average molecular weight is 656 g/mol. The van der Waals surface area contributed by atoms with Gasteiger partial charge in [0.25, 0.3) is 11.8 Å². The number of nitrogens with one attached hydrogen (secondary N) is 4. The molecular formula is C34H29N11O4. The first-order valence-electron chi connectivity index (χ1n) is 15.2. The summed E-state index contributed by atoms with van der Waals surface area (Å²) in [7, 11) is 0. The maximum absolute atomic E-state index is 12.3. The number of hydrogen-bond donors (Lipinski definition) is 4. The van der Waals surface area contributed by atoms with Crippen LogP contribution in [0.15, 0.2) is 97.3 Å². The Morgan fingerprint density at radius 3 is 2.02 bits per heavy atom. The van der Waals surface area contributed by atoms with E-state index >= 15 is 0 Å². The van der Waals surface area contributed by atoms with Crippen molar-refractivity contribution in [2.75, 3.05) is 23.8 Å². The first-order chi connectivity index (χ1) is 24.0. The van der Waals surface area contributed by atoms with Crippen LogP contribution in [0.2, 0.25) is 0 Å². The number of nitriles is 1. The summed E-state index contributed by atoms with van der Waals surface area (Å²) in [5, 5.41) is 27.4. The molecule has 7 rings (SSSR count). The molecular weight excluding hydrogens is 626 g/mol. The van der Waals surface area contributed by atoms with Gasteiger partial charge in [-0.2, -0.15) is 15.2 Å². The van der Waals surface area contributed by atoms with Gasteiger partial charge in [-0.05, 0) is 85.5 Å². The lowest BCUT2D eigenvalue weighted by atomic mass is 10.2. The summed E-state index contributed by atoms with van der Waals surface area (Å²) >= 11 is 0. The number of rotatable bonds is 11. The molecule has 15 nitrogen and oxygen atoms in total. The van der Waals surface area contributed by atoms with E-state index in [9.17, 15) is 9.59 Å². The highest BCUT2D eigenvalue weighted by Crippen LogP contribution is 2.29. The molecule has 4 N–H and O–H groups in total. The van der Waals surface area contributed by atoms with Crippen molar-refractivity contribution in [3.05, 3.63) is 108 Å². The summed E-state index contributed by atoms with van der Waals surface area (Å²) in [4.78, 5) is 40.9. The van der Waals surface area contributed by atoms with Gasteiger partial charge in [-0.15, -0.1) is 10.2 Å². The highest BCUT2D eigenvalue weighted by atomic mass is 16.5. The zero-order valence-electron chi connectivity index (χ0n) is 25.9. The number of carbonyl (C=O) groups excluding carboxylic acids is 2. The zero-order valence-corrected chi connectivity index (χ0v) is 25.9. The van der Waals surface area contributed by atoms with Crippen molar-refractivity contribution in [3.63, 3.8) is 0 Å². The Morgan fingerprint density at radius 1 is 0.776 bits per heavy atom. The molecule has 0 bridgehead atoms. The van der Waals surface area contributed by atoms with Crippen molar-refractivity contribution < 1.29 is 19.1 Å². The normalized spacial score (nSPS) is 11.7. The molecule has 1 saturated carbocycles. The molecule has 0 atom stereocenters. The maximum Gasteiger partial charge on any atom is 0.264 e. The molecule has 6 aromatic rings. The summed E-state index contributed by atoms with van der Waals surface area (Å²) < 4.78 is 11.0. The highest BCUT2D eigenvalue weighted by Gasteiger charge is 2.22. The van der Waals surface area contributed by atoms with Crippen molar-refractivity contribution >= 4 is 23.7 Å². The standard InChI is InChI=1S/C18H17N5O2.C16H12N6O2/c24-17(13-6-8-14(9-7-13)25-11-12-4-5-12)21-18-20-16(22-23-18)15-3-1-2-10-19-15;17-9-11-4-3-5-12(8-11)24-10-14(23)19-16-20-15(21-22-16)13-6-1-2-7-18-13/h1-3,6-10,12H,4-5,11H2,(H2,20,21,22,23,24);1-8H,10H2,(H2,19,20,21,22,23). The van der Waals surface area contributed by atoms with Crippen LogP contribution in [0.25, 0.3) is 23.0 Å². The number of ether oxygens (including phenoxy) is 2. The summed E-state index contributed by atoms with van der Waals surface area (Å²) in [5.74, 6) is 2.52. The van der Waals surface area contributed by atoms with Crippen LogP contribution in [0.1, 0.15) is 28.8 Å². The summed E-state index contributed by atoms with van der Waals surface area (Å²) in [5.41, 5.74) is 2.26. The molecule has 0 saturated heterocycles. The van der Waals surface area contributed by atoms with Gasteiger partial charge in [-0.25, -0.2) is 0 Å². The maximum atomic E-state index is 12.3. The van der Waals surface area contributed by atoms with E-state index in [4.69, 9.17) is 14.7 Å². The molecule has 1 fully saturated rings. The van der Waals surface area contributed by atoms with E-state index in [1.165, 1.54) is 12.8 Å². The predicted molar refractivity (Wildman–Crippen MR) is 177 cm³/mol. The fourth-order valence-electron chi connectivity index (χ4n) is 4.21. The number of pyridine rings is 2. The van der Waals surface area contributed by atoms with Gasteiger partial charge in [0.2, 0.25) is 11.9 Å². The number of aromatic amines is 2. The second-order valence-corrected chi connectivity index (χ2v) is 10.7. The molecule has 0 unspecified atom stereocenters. The third-order valence-corrected chi connectivity index (χ3v) is 6.89. The second kappa shape index (κ2) is 15.6. The minimum atomic E-state index is -0.413. The van der Waals surface area contributed by atoms with Crippen LogP contribution >= 0.6 is 0 Å². The molecule has 2 aromatic carbocycles. The van der Waals surface area contributed by atoms with Crippen LogP contribution in [-0.4, -0.2) is 65.4 Å². The third-order valence-electron chi connectivity index (χ3n) is 6.89. The molecule has 244 valence electrons. The third kappa shape index (κ3) is 9.30. The van der Waals surface area contributed by atoms with Gasteiger partial charge in [0.05, 0.1) is 18.2 Å². The first-order valence-corrected chi connectivity index (χ1v) is 15.2. The molecule has 1 aliphatic rings. The van der Waals surface area contributed by atoms with Gasteiger partial charge in [0, 0.05) is 18.0 Å². The van der Waals surface area contributed by atoms with E-state index in [1.54, 1.807) is 73.1 Å². The lowest BCUT2D eigenvalue weighted by molar-refractivity contribution is -0.118. The van der Waals surface area contributed by atoms with E-state index < -0.39 is 5.91 Å². The van der Waals surface area contributed by atoms with Crippen molar-refractivity contribution in [3.8, 4) is 40.6 Å². The quantitative estimate of drug-likeness (QED) is 0.151. The molecule has 1 aliphatic carbocycles. The smallest absolute Gasteiger partial charge is 0.264 e. The van der Waals surface area contributed by atoms with Crippen molar-refractivity contribution in [2.24, 2.45) is 5.92 Å². The largest absolute Gasteiger partial charge is 0.493 e. The topological polar surface area (TPSA) is 209 Å². The summed E-state index contributed by atoms with van der Waals surface area (Å²) in [6.07, 6.45) is 5.80. The molecule has 2 amide bonds. The van der Waals surface area contributed by atoms with Crippen molar-refractivity contribution in [1.82, 2.24) is 40.3 Å². The van der Waals surface area contributed by atoms with Gasteiger partial charge in [-0.1, -0.05) is 18.2 Å². The van der Waals surface area contributed by atoms with E-state index in [1.807, 2.05) is 30.3 Å². The van der Waals surface area contributed by atoms with E-state index in [2.05, 4.69) is 51.0 Å². The highest BCUT2D eigenvalue weighted by molar-refractivity contribution is 6.03. The summed E-state index contributed by atoms with van der Waals surface area (Å²) in [6, 6.07) is 26.5. The number of benzene rings is 2. The zero-order chi connectivity index (χ0) is 33.8. The first kappa shape index (κ1) is 32.0. The van der Waals surface area contributed by atoms with Crippen LogP contribution in [-0.2, 0) is 4.79 Å². The van der Waals surface area contributed by atoms with E-state index in [0.29, 0.717) is 45.8 Å². The number of amides is 2. The van der Waals surface area contributed by atoms with Crippen LogP contribution in [0.4, 0.5) is 11.9 Å². The fourth-order valence-corrected chi connectivity index (χ4v) is 4.21. The molecule has 4 heterocycles. The van der Waals surface area contributed by atoms with Crippen molar-refractivity contribution in [1.29, 1.82) is 5.26 Å². The Labute approximate surface area is 279 Å². The minimum absolute atomic E-state index is 0.134. The minimum Gasteiger partial charge on any atom is -0.493 e. The van der Waals surface area contributed by atoms with Crippen LogP contribution in [0.5, 0.6) is 11.5 Å². The number of hydrogen-bond acceptors (Lipinski definition) is 11. The molecule has 0 aliphatic heterocycles. The molecule has 15 heteroatoms. The molecule has 49 heavy (non-hydrogen) atoms. The van der Waals surface area contributed by atoms with E-state index in [0.717, 1.165) is 12.4 Å². The number of aromatic nitrogens is 8. The van der Waals surface area contributed by atoms with Gasteiger partial charge in [0.15, 0.2) is 18.3 Å². The average Bonchev–Trinajstić information content (AvgIpc) is 3.67. The number of anilines is 2.